The summed E-state index contributed by atoms with van der Waals surface area (Å²) in [6.07, 6.45) is 18.3. The number of esters is 1. The number of rotatable bonds is 28. The molecule has 0 aromatic rings. The van der Waals surface area contributed by atoms with E-state index in [4.69, 9.17) is 22.4 Å². The van der Waals surface area contributed by atoms with Crippen molar-refractivity contribution in [2.45, 2.75) is 213 Å². The van der Waals surface area contributed by atoms with Gasteiger partial charge >= 0.3 is 5.97 Å². The molecule has 0 aliphatic heterocycles. The zero-order valence-corrected chi connectivity index (χ0v) is 36.6. The monoisotopic (exact) mass is 706 g/mol. The van der Waals surface area contributed by atoms with Crippen molar-refractivity contribution in [3.05, 3.63) is 0 Å². The first-order valence-electron chi connectivity index (χ1n) is 18.4. The molecule has 0 rings (SSSR count). The Labute approximate surface area is 285 Å². The van der Waals surface area contributed by atoms with Crippen LogP contribution >= 0.6 is 0 Å². The van der Waals surface area contributed by atoms with Crippen LogP contribution in [0.1, 0.15) is 110 Å². The van der Waals surface area contributed by atoms with E-state index in [1.54, 1.807) is 0 Å². The molecule has 0 aromatic carbocycles. The average Bonchev–Trinajstić information content (AvgIpc) is 2.87. The highest BCUT2D eigenvalue weighted by atomic mass is 28.4. The first-order chi connectivity index (χ1) is 20.7. The van der Waals surface area contributed by atoms with Gasteiger partial charge in [-0.2, -0.15) is 0 Å². The van der Waals surface area contributed by atoms with Gasteiger partial charge in [0.2, 0.25) is 0 Å². The standard InChI is InChI=1S/C35H78O6Si4/c1-15-16-17-18-19-22-26-31(38-42(3,4)5)32(39-43(6,7)8)27-23-20-21-24-28-33(40-44(9,10)11)34(41-45(12,13)14)29-25-30-35(36)37-2/h31-34H,15-30H2,1-14H3. The third kappa shape index (κ3) is 27.8. The van der Waals surface area contributed by atoms with E-state index in [1.165, 1.54) is 64.9 Å². The van der Waals surface area contributed by atoms with E-state index in [1.807, 2.05) is 0 Å². The van der Waals surface area contributed by atoms with Crippen LogP contribution in [-0.4, -0.2) is 70.8 Å². The minimum absolute atomic E-state index is 0.0315. The molecule has 4 atom stereocenters. The Hall–Kier alpha value is 0.178. The maximum Gasteiger partial charge on any atom is 0.305 e. The van der Waals surface area contributed by atoms with Gasteiger partial charge in [0.15, 0.2) is 33.3 Å². The molecule has 0 amide bonds. The lowest BCUT2D eigenvalue weighted by Gasteiger charge is -2.37. The highest BCUT2D eigenvalue weighted by Gasteiger charge is 2.33. The van der Waals surface area contributed by atoms with Crippen LogP contribution < -0.4 is 0 Å². The van der Waals surface area contributed by atoms with Crippen LogP contribution in [0, 0.1) is 0 Å². The summed E-state index contributed by atoms with van der Waals surface area (Å²) in [6.45, 7) is 29.7. The Kier molecular flexibility index (Phi) is 22.8. The highest BCUT2D eigenvalue weighted by molar-refractivity contribution is 6.71. The number of methoxy groups -OCH3 is 1. The summed E-state index contributed by atoms with van der Waals surface area (Å²) in [5.41, 5.74) is 0. The van der Waals surface area contributed by atoms with E-state index in [0.29, 0.717) is 6.42 Å². The average molecular weight is 707 g/mol. The molecule has 0 aliphatic rings. The van der Waals surface area contributed by atoms with Crippen molar-refractivity contribution in [3.8, 4) is 0 Å². The van der Waals surface area contributed by atoms with Crippen LogP contribution in [0.3, 0.4) is 0 Å². The maximum atomic E-state index is 11.8. The number of carbonyl (C=O) groups excluding carboxylic acids is 1. The summed E-state index contributed by atoms with van der Waals surface area (Å²) in [6, 6.07) is 0. The second kappa shape index (κ2) is 22.7. The first-order valence-corrected chi connectivity index (χ1v) is 32.1. The first kappa shape index (κ1) is 45.2. The van der Waals surface area contributed by atoms with Crippen LogP contribution in [0.15, 0.2) is 0 Å². The van der Waals surface area contributed by atoms with Gasteiger partial charge in [-0.05, 0) is 111 Å². The van der Waals surface area contributed by atoms with Crippen molar-refractivity contribution >= 4 is 39.2 Å². The predicted octanol–water partition coefficient (Wildman–Crippen LogP) is 11.3. The van der Waals surface area contributed by atoms with E-state index < -0.39 is 33.3 Å². The fourth-order valence-electron chi connectivity index (χ4n) is 5.82. The number of carbonyl (C=O) groups is 1. The summed E-state index contributed by atoms with van der Waals surface area (Å²) in [5.74, 6) is -0.148. The Morgan fingerprint density at radius 1 is 0.444 bits per heavy atom. The molecule has 0 N–H and O–H groups in total. The van der Waals surface area contributed by atoms with Gasteiger partial charge in [-0.25, -0.2) is 0 Å². The molecular weight excluding hydrogens is 629 g/mol. The fraction of sp³-hybridized carbons (Fsp3) is 0.971. The van der Waals surface area contributed by atoms with Gasteiger partial charge in [0.25, 0.3) is 0 Å². The normalized spacial score (nSPS) is 16.0. The number of hydrogen-bond acceptors (Lipinski definition) is 6. The van der Waals surface area contributed by atoms with Crippen LogP contribution in [0.4, 0.5) is 0 Å². The van der Waals surface area contributed by atoms with Gasteiger partial charge in [-0.15, -0.1) is 0 Å². The van der Waals surface area contributed by atoms with Crippen molar-refractivity contribution in [1.29, 1.82) is 0 Å². The van der Waals surface area contributed by atoms with E-state index in [9.17, 15) is 4.79 Å². The van der Waals surface area contributed by atoms with Gasteiger partial charge in [-0.3, -0.25) is 4.79 Å². The molecule has 45 heavy (non-hydrogen) atoms. The van der Waals surface area contributed by atoms with Crippen molar-refractivity contribution in [2.24, 2.45) is 0 Å². The molecule has 0 saturated heterocycles. The van der Waals surface area contributed by atoms with E-state index in [-0.39, 0.29) is 30.4 Å². The quantitative estimate of drug-likeness (QED) is 0.0458. The van der Waals surface area contributed by atoms with Crippen molar-refractivity contribution in [3.63, 3.8) is 0 Å². The van der Waals surface area contributed by atoms with Gasteiger partial charge < -0.3 is 22.4 Å². The smallest absolute Gasteiger partial charge is 0.305 e. The molecule has 0 spiro atoms. The minimum atomic E-state index is -1.78. The van der Waals surface area contributed by atoms with Crippen LogP contribution in [0.5, 0.6) is 0 Å². The van der Waals surface area contributed by atoms with E-state index in [2.05, 4.69) is 85.5 Å². The lowest BCUT2D eigenvalue weighted by molar-refractivity contribution is -0.140. The molecule has 4 unspecified atom stereocenters. The SMILES string of the molecule is CCCCCCCCC(O[Si](C)(C)C)C(CCCCCCC(O[Si](C)(C)C)C(CCCC(=O)OC)O[Si](C)(C)C)O[Si](C)(C)C. The molecular formula is C35H78O6Si4. The summed E-state index contributed by atoms with van der Waals surface area (Å²) >= 11 is 0. The van der Waals surface area contributed by atoms with E-state index >= 15 is 0 Å². The summed E-state index contributed by atoms with van der Waals surface area (Å²) in [7, 11) is -5.49. The van der Waals surface area contributed by atoms with Crippen LogP contribution in [0.25, 0.3) is 0 Å². The second-order valence-corrected chi connectivity index (χ2v) is 34.9. The van der Waals surface area contributed by atoms with Crippen LogP contribution in [-0.2, 0) is 27.2 Å². The Balaban J connectivity index is 5.31. The lowest BCUT2D eigenvalue weighted by atomic mass is 9.98. The van der Waals surface area contributed by atoms with Gasteiger partial charge in [0, 0.05) is 6.42 Å². The molecule has 0 heterocycles. The molecule has 6 nitrogen and oxygen atoms in total. The number of ether oxygens (including phenoxy) is 1. The predicted molar refractivity (Wildman–Crippen MR) is 204 cm³/mol. The van der Waals surface area contributed by atoms with Gasteiger partial charge in [-0.1, -0.05) is 71.1 Å². The zero-order valence-electron chi connectivity index (χ0n) is 32.6. The maximum absolute atomic E-state index is 11.8. The number of unbranched alkanes of at least 4 members (excludes halogenated alkanes) is 8. The highest BCUT2D eigenvalue weighted by Crippen LogP contribution is 2.28. The van der Waals surface area contributed by atoms with Crippen LogP contribution in [0.2, 0.25) is 78.6 Å². The van der Waals surface area contributed by atoms with Gasteiger partial charge in [0.05, 0.1) is 31.5 Å². The molecule has 0 aliphatic carbocycles. The summed E-state index contributed by atoms with van der Waals surface area (Å²) in [5, 5.41) is 0. The lowest BCUT2D eigenvalue weighted by Crippen LogP contribution is -2.44. The molecule has 10 heteroatoms. The van der Waals surface area contributed by atoms with Crippen molar-refractivity contribution in [2.75, 3.05) is 7.11 Å². The summed E-state index contributed by atoms with van der Waals surface area (Å²) < 4.78 is 32.0. The molecule has 0 saturated carbocycles. The second-order valence-electron chi connectivity index (χ2n) is 17.1. The Bertz CT molecular complexity index is 755. The topological polar surface area (TPSA) is 63.2 Å². The fourth-order valence-corrected chi connectivity index (χ4v) is 10.5. The molecule has 0 fully saturated rings. The molecule has 0 bridgehead atoms. The van der Waals surface area contributed by atoms with Crippen molar-refractivity contribution < 1.29 is 27.2 Å². The molecule has 0 aromatic heterocycles. The third-order valence-corrected chi connectivity index (χ3v) is 11.6. The largest absolute Gasteiger partial charge is 0.469 e. The van der Waals surface area contributed by atoms with Gasteiger partial charge in [0.1, 0.15) is 0 Å². The zero-order chi connectivity index (χ0) is 34.7. The Morgan fingerprint density at radius 2 is 0.711 bits per heavy atom. The Morgan fingerprint density at radius 3 is 0.978 bits per heavy atom. The van der Waals surface area contributed by atoms with E-state index in [0.717, 1.165) is 38.5 Å². The molecule has 270 valence electrons. The number of hydrogen-bond donors (Lipinski definition) is 0. The molecule has 0 radical (unpaired) electrons. The minimum Gasteiger partial charge on any atom is -0.469 e. The van der Waals surface area contributed by atoms with Crippen molar-refractivity contribution in [1.82, 2.24) is 0 Å². The summed E-state index contributed by atoms with van der Waals surface area (Å²) in [4.78, 5) is 11.8. The third-order valence-electron chi connectivity index (χ3n) is 7.52.